The lowest BCUT2D eigenvalue weighted by Crippen LogP contribution is -2.18. The molecule has 0 spiro atoms. The number of hydrogen-bond acceptors (Lipinski definition) is 0. The van der Waals surface area contributed by atoms with E-state index in [-0.39, 0.29) is 0 Å². The molecule has 0 aromatic heterocycles. The molecular formula is C12H20. The number of rotatable bonds is 1. The molecule has 2 unspecified atom stereocenters. The van der Waals surface area contributed by atoms with Gasteiger partial charge in [0.1, 0.15) is 0 Å². The minimum absolute atomic E-state index is 0.804. The number of fused-ring (bicyclic) bond motifs is 1. The number of hydrogen-bond donors (Lipinski definition) is 0. The largest absolute Gasteiger partial charge is 0.0845 e. The highest BCUT2D eigenvalue weighted by Crippen LogP contribution is 2.44. The van der Waals surface area contributed by atoms with E-state index in [1.165, 1.54) is 32.1 Å². The van der Waals surface area contributed by atoms with Crippen molar-refractivity contribution in [3.05, 3.63) is 11.6 Å². The average molecular weight is 164 g/mol. The Kier molecular flexibility index (Phi) is 2.25. The molecule has 2 aliphatic rings. The van der Waals surface area contributed by atoms with Crippen LogP contribution in [0.5, 0.6) is 0 Å². The Morgan fingerprint density at radius 2 is 2.00 bits per heavy atom. The predicted octanol–water partition coefficient (Wildman–Crippen LogP) is 3.78. The topological polar surface area (TPSA) is 0 Å². The van der Waals surface area contributed by atoms with Crippen LogP contribution < -0.4 is 0 Å². The molecule has 0 aliphatic heterocycles. The molecule has 0 bridgehead atoms. The summed E-state index contributed by atoms with van der Waals surface area (Å²) in [5.41, 5.74) is 1.78. The van der Waals surface area contributed by atoms with Gasteiger partial charge in [-0.2, -0.15) is 0 Å². The Bertz CT molecular complexity index is 188. The average Bonchev–Trinajstić information content (AvgIpc) is 2.47. The predicted molar refractivity (Wildman–Crippen MR) is 53.0 cm³/mol. The van der Waals surface area contributed by atoms with Crippen molar-refractivity contribution < 1.29 is 0 Å². The summed E-state index contributed by atoms with van der Waals surface area (Å²) in [7, 11) is 0. The minimum atomic E-state index is 0.804. The monoisotopic (exact) mass is 164 g/mol. The second-order valence-corrected chi connectivity index (χ2v) is 4.75. The molecule has 1 saturated carbocycles. The van der Waals surface area contributed by atoms with Crippen LogP contribution >= 0.6 is 0 Å². The zero-order valence-electron chi connectivity index (χ0n) is 8.34. The summed E-state index contributed by atoms with van der Waals surface area (Å²) in [6, 6.07) is 0. The van der Waals surface area contributed by atoms with E-state index in [0.717, 1.165) is 17.8 Å². The first kappa shape index (κ1) is 8.34. The van der Waals surface area contributed by atoms with Gasteiger partial charge < -0.3 is 0 Å². The Morgan fingerprint density at radius 1 is 1.25 bits per heavy atom. The van der Waals surface area contributed by atoms with Crippen molar-refractivity contribution in [1.82, 2.24) is 0 Å². The number of allylic oxidation sites excluding steroid dienone is 2. The van der Waals surface area contributed by atoms with Crippen LogP contribution in [-0.2, 0) is 0 Å². The lowest BCUT2D eigenvalue weighted by molar-refractivity contribution is 0.284. The van der Waals surface area contributed by atoms with E-state index in [1.807, 2.05) is 0 Å². The smallest absolute Gasteiger partial charge is 0.0169 e. The summed E-state index contributed by atoms with van der Waals surface area (Å²) in [4.78, 5) is 0. The van der Waals surface area contributed by atoms with Crippen LogP contribution in [0.15, 0.2) is 11.6 Å². The third kappa shape index (κ3) is 1.32. The summed E-state index contributed by atoms with van der Waals surface area (Å²) in [5, 5.41) is 0. The molecule has 0 nitrogen and oxygen atoms in total. The van der Waals surface area contributed by atoms with Gasteiger partial charge >= 0.3 is 0 Å². The van der Waals surface area contributed by atoms with Gasteiger partial charge in [-0.05, 0) is 37.0 Å². The molecule has 0 N–H and O–H groups in total. The van der Waals surface area contributed by atoms with Crippen molar-refractivity contribution in [2.24, 2.45) is 17.8 Å². The molecule has 12 heavy (non-hydrogen) atoms. The fraction of sp³-hybridized carbons (Fsp3) is 0.833. The van der Waals surface area contributed by atoms with Crippen molar-refractivity contribution in [3.63, 3.8) is 0 Å². The summed E-state index contributed by atoms with van der Waals surface area (Å²) in [5.74, 6) is 2.83. The second-order valence-electron chi connectivity index (χ2n) is 4.75. The van der Waals surface area contributed by atoms with E-state index >= 15 is 0 Å². The van der Waals surface area contributed by atoms with Gasteiger partial charge in [0.15, 0.2) is 0 Å². The summed E-state index contributed by atoms with van der Waals surface area (Å²) in [6.07, 6.45) is 9.86. The molecule has 1 fully saturated rings. The highest BCUT2D eigenvalue weighted by Gasteiger charge is 2.32. The van der Waals surface area contributed by atoms with Crippen molar-refractivity contribution in [3.8, 4) is 0 Å². The second kappa shape index (κ2) is 3.24. The Morgan fingerprint density at radius 3 is 2.75 bits per heavy atom. The fourth-order valence-electron chi connectivity index (χ4n) is 3.03. The molecule has 2 aliphatic carbocycles. The van der Waals surface area contributed by atoms with Gasteiger partial charge in [-0.1, -0.05) is 38.3 Å². The van der Waals surface area contributed by atoms with Crippen LogP contribution in [-0.4, -0.2) is 0 Å². The van der Waals surface area contributed by atoms with Crippen LogP contribution in [0.1, 0.15) is 46.0 Å². The summed E-state index contributed by atoms with van der Waals surface area (Å²) >= 11 is 0. The van der Waals surface area contributed by atoms with E-state index in [2.05, 4.69) is 19.9 Å². The van der Waals surface area contributed by atoms with E-state index in [9.17, 15) is 0 Å². The molecule has 0 heterocycles. The molecule has 0 radical (unpaired) electrons. The summed E-state index contributed by atoms with van der Waals surface area (Å²) < 4.78 is 0. The van der Waals surface area contributed by atoms with Crippen LogP contribution in [0, 0.1) is 17.8 Å². The molecule has 0 saturated heterocycles. The summed E-state index contributed by atoms with van der Waals surface area (Å²) in [6.45, 7) is 4.70. The zero-order chi connectivity index (χ0) is 8.55. The van der Waals surface area contributed by atoms with Gasteiger partial charge in [0.05, 0.1) is 0 Å². The SMILES string of the molecule is CC(C)C1=CCC2CCCCC12. The van der Waals surface area contributed by atoms with Gasteiger partial charge in [0, 0.05) is 0 Å². The molecule has 68 valence electrons. The first-order chi connectivity index (χ1) is 5.79. The van der Waals surface area contributed by atoms with Gasteiger partial charge in [0.2, 0.25) is 0 Å². The standard InChI is InChI=1S/C12H20/c1-9(2)11-8-7-10-5-3-4-6-12(10)11/h8-10,12H,3-7H2,1-2H3. The Labute approximate surface area is 76.1 Å². The molecule has 0 amide bonds. The van der Waals surface area contributed by atoms with Gasteiger partial charge in [0.25, 0.3) is 0 Å². The first-order valence-corrected chi connectivity index (χ1v) is 5.49. The van der Waals surface area contributed by atoms with Crippen LogP contribution in [0.3, 0.4) is 0 Å². The van der Waals surface area contributed by atoms with Crippen LogP contribution in [0.4, 0.5) is 0 Å². The van der Waals surface area contributed by atoms with Crippen LogP contribution in [0.25, 0.3) is 0 Å². The van der Waals surface area contributed by atoms with Crippen molar-refractivity contribution in [1.29, 1.82) is 0 Å². The fourth-order valence-corrected chi connectivity index (χ4v) is 3.03. The van der Waals surface area contributed by atoms with E-state index in [1.54, 1.807) is 5.57 Å². The van der Waals surface area contributed by atoms with E-state index in [4.69, 9.17) is 0 Å². The Hall–Kier alpha value is -0.260. The van der Waals surface area contributed by atoms with Crippen molar-refractivity contribution in [2.75, 3.05) is 0 Å². The molecule has 2 atom stereocenters. The molecule has 0 heteroatoms. The van der Waals surface area contributed by atoms with Crippen molar-refractivity contribution >= 4 is 0 Å². The molecule has 2 rings (SSSR count). The highest BCUT2D eigenvalue weighted by molar-refractivity contribution is 5.18. The minimum Gasteiger partial charge on any atom is -0.0845 e. The molecule has 0 aromatic rings. The van der Waals surface area contributed by atoms with Gasteiger partial charge in [-0.15, -0.1) is 0 Å². The van der Waals surface area contributed by atoms with Gasteiger partial charge in [-0.3, -0.25) is 0 Å². The molecular weight excluding hydrogens is 144 g/mol. The van der Waals surface area contributed by atoms with E-state index in [0.29, 0.717) is 0 Å². The maximum absolute atomic E-state index is 2.53. The third-order valence-electron chi connectivity index (χ3n) is 3.66. The first-order valence-electron chi connectivity index (χ1n) is 5.49. The zero-order valence-corrected chi connectivity index (χ0v) is 8.34. The van der Waals surface area contributed by atoms with Crippen LogP contribution in [0.2, 0.25) is 0 Å². The normalized spacial score (nSPS) is 35.1. The maximum atomic E-state index is 2.53. The quantitative estimate of drug-likeness (QED) is 0.517. The lowest BCUT2D eigenvalue weighted by atomic mass is 9.76. The maximum Gasteiger partial charge on any atom is -0.0169 e. The third-order valence-corrected chi connectivity index (χ3v) is 3.66. The Balaban J connectivity index is 2.08. The van der Waals surface area contributed by atoms with E-state index < -0.39 is 0 Å². The molecule has 0 aromatic carbocycles. The van der Waals surface area contributed by atoms with Crippen molar-refractivity contribution in [2.45, 2.75) is 46.0 Å². The van der Waals surface area contributed by atoms with Gasteiger partial charge in [-0.25, -0.2) is 0 Å². The lowest BCUT2D eigenvalue weighted by Gasteiger charge is -2.29. The highest BCUT2D eigenvalue weighted by atomic mass is 14.4.